The van der Waals surface area contributed by atoms with E-state index in [0.717, 1.165) is 25.3 Å². The van der Waals surface area contributed by atoms with Gasteiger partial charge >= 0.3 is 0 Å². The molecule has 106 valence electrons. The number of benzene rings is 1. The van der Waals surface area contributed by atoms with Crippen molar-refractivity contribution in [3.63, 3.8) is 0 Å². The average Bonchev–Trinajstić information content (AvgIpc) is 2.43. The summed E-state index contributed by atoms with van der Waals surface area (Å²) < 4.78 is 5.20. The van der Waals surface area contributed by atoms with Gasteiger partial charge in [-0.05, 0) is 44.7 Å². The van der Waals surface area contributed by atoms with Crippen LogP contribution in [0.25, 0.3) is 0 Å². The molecule has 4 heteroatoms. The molecule has 2 unspecified atom stereocenters. The number of nitrogens with zero attached hydrogens (tertiary/aromatic N) is 2. The molecule has 0 aliphatic carbocycles. The Balaban J connectivity index is 2.17. The van der Waals surface area contributed by atoms with E-state index in [-0.39, 0.29) is 6.61 Å². The van der Waals surface area contributed by atoms with Crippen molar-refractivity contribution in [2.24, 2.45) is 0 Å². The van der Waals surface area contributed by atoms with Crippen molar-refractivity contribution in [3.05, 3.63) is 24.3 Å². The van der Waals surface area contributed by atoms with Crippen molar-refractivity contribution in [1.29, 1.82) is 0 Å². The molecular formula is C15H24N2O2. The number of piperazine rings is 1. The van der Waals surface area contributed by atoms with Crippen molar-refractivity contribution in [2.45, 2.75) is 25.4 Å². The minimum absolute atomic E-state index is 0.236. The van der Waals surface area contributed by atoms with Crippen molar-refractivity contribution in [1.82, 2.24) is 4.90 Å². The van der Waals surface area contributed by atoms with Crippen LogP contribution >= 0.6 is 0 Å². The molecule has 1 aromatic rings. The molecule has 1 aromatic carbocycles. The fraction of sp³-hybridized carbons (Fsp3) is 0.600. The van der Waals surface area contributed by atoms with Gasteiger partial charge in [0.05, 0.1) is 7.11 Å². The molecule has 1 heterocycles. The maximum absolute atomic E-state index is 9.25. The normalized spacial score (nSPS) is 24.5. The number of methoxy groups -OCH3 is 1. The van der Waals surface area contributed by atoms with E-state index in [0.29, 0.717) is 12.1 Å². The lowest BCUT2D eigenvalue weighted by Gasteiger charge is -2.45. The summed E-state index contributed by atoms with van der Waals surface area (Å²) >= 11 is 0. The van der Waals surface area contributed by atoms with E-state index in [1.807, 2.05) is 12.1 Å². The molecule has 0 bridgehead atoms. The number of aliphatic hydroxyl groups excluding tert-OH is 1. The maximum Gasteiger partial charge on any atom is 0.119 e. The van der Waals surface area contributed by atoms with Gasteiger partial charge in [0.2, 0.25) is 0 Å². The Morgan fingerprint density at radius 1 is 1.26 bits per heavy atom. The second-order valence-corrected chi connectivity index (χ2v) is 5.31. The van der Waals surface area contributed by atoms with Gasteiger partial charge in [0.15, 0.2) is 0 Å². The topological polar surface area (TPSA) is 35.9 Å². The van der Waals surface area contributed by atoms with Crippen LogP contribution in [0.2, 0.25) is 0 Å². The molecule has 1 aliphatic rings. The third-order valence-corrected chi connectivity index (χ3v) is 4.02. The van der Waals surface area contributed by atoms with Crippen molar-refractivity contribution >= 4 is 5.69 Å². The molecule has 0 aromatic heterocycles. The molecule has 2 atom stereocenters. The maximum atomic E-state index is 9.25. The first kappa shape index (κ1) is 14.2. The molecule has 4 nitrogen and oxygen atoms in total. The van der Waals surface area contributed by atoms with Crippen LogP contribution in [0.4, 0.5) is 5.69 Å². The summed E-state index contributed by atoms with van der Waals surface area (Å²) in [5.74, 6) is 0.879. The van der Waals surface area contributed by atoms with Gasteiger partial charge in [0.1, 0.15) is 5.75 Å². The number of ether oxygens (including phenoxy) is 1. The zero-order valence-electron chi connectivity index (χ0n) is 12.0. The highest BCUT2D eigenvalue weighted by Crippen LogP contribution is 2.26. The molecule has 2 rings (SSSR count). The third kappa shape index (κ3) is 3.19. The van der Waals surface area contributed by atoms with Gasteiger partial charge in [-0.2, -0.15) is 0 Å². The van der Waals surface area contributed by atoms with Gasteiger partial charge in [-0.3, -0.25) is 4.90 Å². The van der Waals surface area contributed by atoms with Crippen LogP contribution in [-0.4, -0.2) is 55.9 Å². The Bertz CT molecular complexity index is 394. The van der Waals surface area contributed by atoms with Gasteiger partial charge in [-0.25, -0.2) is 0 Å². The highest BCUT2D eigenvalue weighted by atomic mass is 16.5. The minimum Gasteiger partial charge on any atom is -0.497 e. The summed E-state index contributed by atoms with van der Waals surface area (Å²) in [6.07, 6.45) is 0.809. The Morgan fingerprint density at radius 2 is 1.95 bits per heavy atom. The van der Waals surface area contributed by atoms with Gasteiger partial charge in [-0.1, -0.05) is 0 Å². The SMILES string of the molecule is COc1ccc(N2CC(C)N(C)CC2CCO)cc1. The number of hydrogen-bond acceptors (Lipinski definition) is 4. The van der Waals surface area contributed by atoms with E-state index in [4.69, 9.17) is 4.74 Å². The predicted octanol–water partition coefficient (Wildman–Crippen LogP) is 1.59. The van der Waals surface area contributed by atoms with E-state index in [2.05, 4.69) is 35.9 Å². The lowest BCUT2D eigenvalue weighted by Crippen LogP contribution is -2.56. The van der Waals surface area contributed by atoms with E-state index >= 15 is 0 Å². The van der Waals surface area contributed by atoms with Crippen molar-refractivity contribution in [3.8, 4) is 5.75 Å². The Labute approximate surface area is 115 Å². The summed E-state index contributed by atoms with van der Waals surface area (Å²) in [6.45, 7) is 4.46. The van der Waals surface area contributed by atoms with Crippen LogP contribution in [0, 0.1) is 0 Å². The predicted molar refractivity (Wildman–Crippen MR) is 77.9 cm³/mol. The lowest BCUT2D eigenvalue weighted by molar-refractivity contribution is 0.177. The van der Waals surface area contributed by atoms with Gasteiger partial charge in [0.25, 0.3) is 0 Å². The molecule has 0 radical (unpaired) electrons. The molecule has 19 heavy (non-hydrogen) atoms. The van der Waals surface area contributed by atoms with Crippen LogP contribution in [0.1, 0.15) is 13.3 Å². The molecule has 1 fully saturated rings. The Hall–Kier alpha value is -1.26. The van der Waals surface area contributed by atoms with Crippen LogP contribution in [0.5, 0.6) is 5.75 Å². The molecule has 1 aliphatic heterocycles. The van der Waals surface area contributed by atoms with Crippen LogP contribution in [-0.2, 0) is 0 Å². The highest BCUT2D eigenvalue weighted by Gasteiger charge is 2.29. The quantitative estimate of drug-likeness (QED) is 0.896. The largest absolute Gasteiger partial charge is 0.497 e. The van der Waals surface area contributed by atoms with Crippen LogP contribution < -0.4 is 9.64 Å². The number of anilines is 1. The first-order valence-electron chi connectivity index (χ1n) is 6.87. The molecule has 0 spiro atoms. The summed E-state index contributed by atoms with van der Waals surface area (Å²) in [5, 5.41) is 9.25. The molecule has 0 amide bonds. The average molecular weight is 264 g/mol. The van der Waals surface area contributed by atoms with E-state index in [9.17, 15) is 5.11 Å². The first-order chi connectivity index (χ1) is 9.15. The zero-order valence-corrected chi connectivity index (χ0v) is 12.0. The Morgan fingerprint density at radius 3 is 2.53 bits per heavy atom. The molecule has 1 N–H and O–H groups in total. The fourth-order valence-corrected chi connectivity index (χ4v) is 2.67. The number of hydrogen-bond donors (Lipinski definition) is 1. The second-order valence-electron chi connectivity index (χ2n) is 5.31. The van der Waals surface area contributed by atoms with E-state index in [1.165, 1.54) is 5.69 Å². The summed E-state index contributed by atoms with van der Waals surface area (Å²) in [6, 6.07) is 9.09. The third-order valence-electron chi connectivity index (χ3n) is 4.02. The van der Waals surface area contributed by atoms with Gasteiger partial charge < -0.3 is 14.7 Å². The monoisotopic (exact) mass is 264 g/mol. The lowest BCUT2D eigenvalue weighted by atomic mass is 10.0. The Kier molecular flexibility index (Phi) is 4.66. The summed E-state index contributed by atoms with van der Waals surface area (Å²) in [4.78, 5) is 4.76. The van der Waals surface area contributed by atoms with E-state index < -0.39 is 0 Å². The zero-order chi connectivity index (χ0) is 13.8. The number of likely N-dealkylation sites (N-methyl/N-ethyl adjacent to an activating group) is 1. The fourth-order valence-electron chi connectivity index (χ4n) is 2.67. The summed E-state index contributed by atoms with van der Waals surface area (Å²) in [5.41, 5.74) is 1.21. The van der Waals surface area contributed by atoms with Gasteiger partial charge in [-0.15, -0.1) is 0 Å². The molecule has 1 saturated heterocycles. The van der Waals surface area contributed by atoms with E-state index in [1.54, 1.807) is 7.11 Å². The van der Waals surface area contributed by atoms with Crippen LogP contribution in [0.3, 0.4) is 0 Å². The van der Waals surface area contributed by atoms with Crippen LogP contribution in [0.15, 0.2) is 24.3 Å². The summed E-state index contributed by atoms with van der Waals surface area (Å²) in [7, 11) is 3.84. The minimum atomic E-state index is 0.236. The molecule has 0 saturated carbocycles. The smallest absolute Gasteiger partial charge is 0.119 e. The number of rotatable bonds is 4. The first-order valence-corrected chi connectivity index (χ1v) is 6.87. The van der Waals surface area contributed by atoms with Crippen molar-refractivity contribution < 1.29 is 9.84 Å². The number of aliphatic hydroxyl groups is 1. The second kappa shape index (κ2) is 6.26. The van der Waals surface area contributed by atoms with Crippen molar-refractivity contribution in [2.75, 3.05) is 38.8 Å². The standard InChI is InChI=1S/C15H24N2O2/c1-12-10-17(14(8-9-18)11-16(12)2)13-4-6-15(19-3)7-5-13/h4-7,12,14,18H,8-11H2,1-3H3. The molecular weight excluding hydrogens is 240 g/mol. The van der Waals surface area contributed by atoms with Gasteiger partial charge in [0, 0.05) is 37.5 Å². The highest BCUT2D eigenvalue weighted by molar-refractivity contribution is 5.50.